The van der Waals surface area contributed by atoms with Crippen molar-refractivity contribution in [1.82, 2.24) is 15.1 Å². The van der Waals surface area contributed by atoms with Crippen molar-refractivity contribution in [3.05, 3.63) is 35.4 Å². The van der Waals surface area contributed by atoms with Gasteiger partial charge in [-0.2, -0.15) is 0 Å². The predicted molar refractivity (Wildman–Crippen MR) is 109 cm³/mol. The molecule has 0 bridgehead atoms. The fraction of sp³-hybridized carbons (Fsp3) is 0.619. The van der Waals surface area contributed by atoms with E-state index in [1.165, 1.54) is 24.0 Å². The van der Waals surface area contributed by atoms with Gasteiger partial charge in [0.15, 0.2) is 5.96 Å². The Morgan fingerprint density at radius 3 is 2.38 bits per heavy atom. The summed E-state index contributed by atoms with van der Waals surface area (Å²) in [5.41, 5.74) is 2.94. The molecule has 0 atom stereocenters. The molecule has 0 heterocycles. The molecule has 1 amide bonds. The summed E-state index contributed by atoms with van der Waals surface area (Å²) in [5.74, 6) is 0.955. The molecular weight excluding hydrogens is 324 g/mol. The number of hydrogen-bond acceptors (Lipinski definition) is 2. The molecule has 0 aliphatic heterocycles. The van der Waals surface area contributed by atoms with Crippen LogP contribution >= 0.6 is 0 Å². The van der Waals surface area contributed by atoms with Crippen LogP contribution in [0.15, 0.2) is 29.3 Å². The molecule has 1 aliphatic carbocycles. The Kier molecular flexibility index (Phi) is 7.06. The lowest BCUT2D eigenvalue weighted by Gasteiger charge is -2.26. The highest BCUT2D eigenvalue weighted by atomic mass is 16.2. The Bertz CT molecular complexity index is 633. The Morgan fingerprint density at radius 2 is 1.85 bits per heavy atom. The van der Waals surface area contributed by atoms with E-state index >= 15 is 0 Å². The molecule has 0 aromatic heterocycles. The van der Waals surface area contributed by atoms with Crippen LogP contribution in [0.1, 0.15) is 44.7 Å². The third-order valence-electron chi connectivity index (χ3n) is 5.29. The van der Waals surface area contributed by atoms with E-state index < -0.39 is 0 Å². The first-order valence-corrected chi connectivity index (χ1v) is 9.80. The van der Waals surface area contributed by atoms with Crippen LogP contribution in [0.4, 0.5) is 0 Å². The van der Waals surface area contributed by atoms with Gasteiger partial charge in [0.05, 0.1) is 13.1 Å². The van der Waals surface area contributed by atoms with Crippen molar-refractivity contribution in [1.29, 1.82) is 0 Å². The van der Waals surface area contributed by atoms with Crippen molar-refractivity contribution in [2.75, 3.05) is 39.8 Å². The third kappa shape index (κ3) is 4.77. The van der Waals surface area contributed by atoms with Crippen LogP contribution in [-0.4, -0.2) is 61.4 Å². The molecule has 5 heteroatoms. The van der Waals surface area contributed by atoms with Crippen LogP contribution in [0.25, 0.3) is 0 Å². The molecule has 26 heavy (non-hydrogen) atoms. The van der Waals surface area contributed by atoms with Gasteiger partial charge in [0.25, 0.3) is 0 Å². The summed E-state index contributed by atoms with van der Waals surface area (Å²) in [6.45, 7) is 11.7. The summed E-state index contributed by atoms with van der Waals surface area (Å²) >= 11 is 0. The van der Waals surface area contributed by atoms with Crippen LogP contribution in [0.5, 0.6) is 0 Å². The van der Waals surface area contributed by atoms with Crippen molar-refractivity contribution in [3.8, 4) is 0 Å². The van der Waals surface area contributed by atoms with E-state index in [-0.39, 0.29) is 11.3 Å². The number of hydrogen-bond donors (Lipinski definition) is 1. The van der Waals surface area contributed by atoms with Crippen molar-refractivity contribution < 1.29 is 4.79 Å². The minimum atomic E-state index is 0.142. The lowest BCUT2D eigenvalue weighted by atomic mass is 9.92. The topological polar surface area (TPSA) is 47.9 Å². The van der Waals surface area contributed by atoms with E-state index in [4.69, 9.17) is 4.99 Å². The molecular formula is C21H34N4O. The largest absolute Gasteiger partial charge is 0.357 e. The SMILES string of the molecule is CCNC(=NCC1(c2ccccc2C)CC1)N(C)CC(=O)N(CC)CC. The number of carbonyl (C=O) groups is 1. The standard InChI is InChI=1S/C21H34N4O/c1-6-22-20(24(5)15-19(26)25(7-2)8-3)23-16-21(13-14-21)18-12-10-9-11-17(18)4/h9-12H,6-8,13-16H2,1-5H3,(H,22,23). The van der Waals surface area contributed by atoms with E-state index in [0.29, 0.717) is 6.54 Å². The van der Waals surface area contributed by atoms with E-state index in [9.17, 15) is 4.79 Å². The predicted octanol–water partition coefficient (Wildman–Crippen LogP) is 2.79. The normalized spacial score (nSPS) is 15.5. The van der Waals surface area contributed by atoms with Crippen LogP contribution < -0.4 is 5.32 Å². The summed E-state index contributed by atoms with van der Waals surface area (Å²) < 4.78 is 0. The van der Waals surface area contributed by atoms with Gasteiger partial charge in [-0.3, -0.25) is 9.79 Å². The number of carbonyl (C=O) groups excluding carboxylic acids is 1. The van der Waals surface area contributed by atoms with Crippen molar-refractivity contribution in [3.63, 3.8) is 0 Å². The second kappa shape index (κ2) is 9.06. The van der Waals surface area contributed by atoms with Gasteiger partial charge in [0.2, 0.25) is 5.91 Å². The maximum absolute atomic E-state index is 12.4. The van der Waals surface area contributed by atoms with E-state index in [1.807, 2.05) is 30.7 Å². The highest BCUT2D eigenvalue weighted by molar-refractivity contribution is 5.86. The minimum Gasteiger partial charge on any atom is -0.357 e. The molecule has 1 aromatic carbocycles. The summed E-state index contributed by atoms with van der Waals surface area (Å²) in [7, 11) is 1.94. The number of rotatable bonds is 8. The van der Waals surface area contributed by atoms with Gasteiger partial charge in [-0.1, -0.05) is 24.3 Å². The first-order chi connectivity index (χ1) is 12.5. The zero-order valence-corrected chi connectivity index (χ0v) is 17.0. The maximum atomic E-state index is 12.4. The van der Waals surface area contributed by atoms with Gasteiger partial charge in [0.1, 0.15) is 0 Å². The molecule has 5 nitrogen and oxygen atoms in total. The van der Waals surface area contributed by atoms with Gasteiger partial charge in [-0.15, -0.1) is 0 Å². The molecule has 1 N–H and O–H groups in total. The van der Waals surface area contributed by atoms with Gasteiger partial charge in [-0.25, -0.2) is 0 Å². The Hall–Kier alpha value is -2.04. The number of guanidine groups is 1. The second-order valence-electron chi connectivity index (χ2n) is 7.19. The molecule has 1 saturated carbocycles. The highest BCUT2D eigenvalue weighted by Crippen LogP contribution is 2.49. The molecule has 0 saturated heterocycles. The summed E-state index contributed by atoms with van der Waals surface area (Å²) in [6, 6.07) is 8.62. The third-order valence-corrected chi connectivity index (χ3v) is 5.29. The van der Waals surface area contributed by atoms with E-state index in [1.54, 1.807) is 0 Å². The Balaban J connectivity index is 2.09. The quantitative estimate of drug-likeness (QED) is 0.574. The average molecular weight is 359 g/mol. The number of nitrogens with one attached hydrogen (secondary N) is 1. The number of benzene rings is 1. The van der Waals surface area contributed by atoms with Crippen molar-refractivity contribution >= 4 is 11.9 Å². The second-order valence-corrected chi connectivity index (χ2v) is 7.19. The van der Waals surface area contributed by atoms with Crippen LogP contribution in [0.3, 0.4) is 0 Å². The Morgan fingerprint density at radius 1 is 1.19 bits per heavy atom. The molecule has 1 aliphatic rings. The summed E-state index contributed by atoms with van der Waals surface area (Å²) in [5, 5.41) is 3.33. The van der Waals surface area contributed by atoms with Crippen LogP contribution in [0.2, 0.25) is 0 Å². The minimum absolute atomic E-state index is 0.142. The lowest BCUT2D eigenvalue weighted by Crippen LogP contribution is -2.46. The molecule has 2 rings (SSSR count). The zero-order valence-electron chi connectivity index (χ0n) is 17.0. The number of amides is 1. The highest BCUT2D eigenvalue weighted by Gasteiger charge is 2.45. The fourth-order valence-corrected chi connectivity index (χ4v) is 3.48. The molecule has 0 radical (unpaired) electrons. The molecule has 1 fully saturated rings. The number of aryl methyl sites for hydroxylation is 1. The zero-order chi connectivity index (χ0) is 19.2. The van der Waals surface area contributed by atoms with E-state index in [0.717, 1.165) is 32.1 Å². The monoisotopic (exact) mass is 358 g/mol. The smallest absolute Gasteiger partial charge is 0.242 e. The van der Waals surface area contributed by atoms with Crippen LogP contribution in [-0.2, 0) is 10.2 Å². The van der Waals surface area contributed by atoms with E-state index in [2.05, 4.69) is 43.4 Å². The van der Waals surface area contributed by atoms with Crippen LogP contribution in [0, 0.1) is 6.92 Å². The van der Waals surface area contributed by atoms with Gasteiger partial charge < -0.3 is 15.1 Å². The molecule has 144 valence electrons. The first-order valence-electron chi connectivity index (χ1n) is 9.80. The summed E-state index contributed by atoms with van der Waals surface area (Å²) in [4.78, 5) is 21.1. The lowest BCUT2D eigenvalue weighted by molar-refractivity contribution is -0.131. The number of nitrogens with zero attached hydrogens (tertiary/aromatic N) is 3. The first kappa shape index (κ1) is 20.3. The fourth-order valence-electron chi connectivity index (χ4n) is 3.48. The average Bonchev–Trinajstić information content (AvgIpc) is 3.40. The van der Waals surface area contributed by atoms with Gasteiger partial charge in [0, 0.05) is 32.1 Å². The number of aliphatic imine (C=N–C) groups is 1. The number of likely N-dealkylation sites (N-methyl/N-ethyl adjacent to an activating group) is 2. The molecule has 1 aromatic rings. The van der Waals surface area contributed by atoms with Crippen molar-refractivity contribution in [2.45, 2.75) is 46.0 Å². The van der Waals surface area contributed by atoms with Gasteiger partial charge >= 0.3 is 0 Å². The summed E-state index contributed by atoms with van der Waals surface area (Å²) in [6.07, 6.45) is 2.37. The van der Waals surface area contributed by atoms with Gasteiger partial charge in [-0.05, 0) is 51.7 Å². The van der Waals surface area contributed by atoms with Crippen molar-refractivity contribution in [2.24, 2.45) is 4.99 Å². The Labute approximate surface area is 158 Å². The maximum Gasteiger partial charge on any atom is 0.242 e. The molecule has 0 unspecified atom stereocenters. The molecule has 0 spiro atoms.